The van der Waals surface area contributed by atoms with Gasteiger partial charge in [-0.25, -0.2) is 0 Å². The van der Waals surface area contributed by atoms with E-state index in [4.69, 9.17) is 4.74 Å². The maximum Gasteiger partial charge on any atom is 0.139 e. The van der Waals surface area contributed by atoms with Gasteiger partial charge in [-0.15, -0.1) is 0 Å². The molecule has 0 N–H and O–H groups in total. The third kappa shape index (κ3) is 2.39. The summed E-state index contributed by atoms with van der Waals surface area (Å²) in [5, 5.41) is 13.6. The van der Waals surface area contributed by atoms with Crippen LogP contribution in [0.2, 0.25) is 0 Å². The molecular formula is C16H17N3O. The van der Waals surface area contributed by atoms with Gasteiger partial charge in [-0.05, 0) is 48.9 Å². The highest BCUT2D eigenvalue weighted by molar-refractivity contribution is 5.68. The smallest absolute Gasteiger partial charge is 0.139 e. The molecule has 20 heavy (non-hydrogen) atoms. The molecule has 1 aromatic carbocycles. The van der Waals surface area contributed by atoms with Crippen molar-refractivity contribution >= 4 is 0 Å². The van der Waals surface area contributed by atoms with Crippen molar-refractivity contribution < 1.29 is 4.74 Å². The van der Waals surface area contributed by atoms with Crippen LogP contribution in [0.15, 0.2) is 24.5 Å². The molecule has 1 aliphatic carbocycles. The van der Waals surface area contributed by atoms with Crippen LogP contribution in [-0.2, 0) is 6.54 Å². The summed E-state index contributed by atoms with van der Waals surface area (Å²) in [6, 6.07) is 6.10. The second-order valence-corrected chi connectivity index (χ2v) is 5.38. The topological polar surface area (TPSA) is 50.8 Å². The fourth-order valence-corrected chi connectivity index (χ4v) is 2.47. The van der Waals surface area contributed by atoms with Crippen LogP contribution in [0.3, 0.4) is 0 Å². The van der Waals surface area contributed by atoms with Crippen molar-refractivity contribution in [1.82, 2.24) is 9.78 Å². The molecule has 0 amide bonds. The fourth-order valence-electron chi connectivity index (χ4n) is 2.47. The Balaban J connectivity index is 1.95. The van der Waals surface area contributed by atoms with Crippen molar-refractivity contribution in [3.05, 3.63) is 35.7 Å². The minimum Gasteiger partial charge on any atom is -0.495 e. The van der Waals surface area contributed by atoms with Crippen LogP contribution in [0, 0.1) is 24.2 Å². The molecule has 0 bridgehead atoms. The summed E-state index contributed by atoms with van der Waals surface area (Å²) in [6.07, 6.45) is 6.55. The number of hydrogen-bond acceptors (Lipinski definition) is 3. The molecule has 0 radical (unpaired) electrons. The third-order valence-electron chi connectivity index (χ3n) is 3.71. The van der Waals surface area contributed by atoms with E-state index in [0.717, 1.165) is 29.2 Å². The SMILES string of the molecule is COc1c(C)cc(-c2cnn(CC3CC3)c2)cc1C#N. The standard InChI is InChI=1S/C16H17N3O/c1-11-5-13(6-14(7-17)16(11)20-2)15-8-18-19(10-15)9-12-3-4-12/h5-6,8,10,12H,3-4,9H2,1-2H3. The number of hydrogen-bond donors (Lipinski definition) is 0. The maximum absolute atomic E-state index is 9.23. The minimum atomic E-state index is 0.567. The van der Waals surface area contributed by atoms with E-state index in [9.17, 15) is 5.26 Å². The molecular weight excluding hydrogens is 250 g/mol. The number of ether oxygens (including phenoxy) is 1. The van der Waals surface area contributed by atoms with Crippen molar-refractivity contribution in [2.45, 2.75) is 26.3 Å². The number of aryl methyl sites for hydroxylation is 1. The molecule has 0 spiro atoms. The second kappa shape index (κ2) is 5.01. The number of benzene rings is 1. The van der Waals surface area contributed by atoms with Gasteiger partial charge < -0.3 is 4.74 Å². The van der Waals surface area contributed by atoms with E-state index in [2.05, 4.69) is 17.4 Å². The quantitative estimate of drug-likeness (QED) is 0.855. The van der Waals surface area contributed by atoms with Gasteiger partial charge in [0.2, 0.25) is 0 Å². The average molecular weight is 267 g/mol. The van der Waals surface area contributed by atoms with Gasteiger partial charge in [-0.1, -0.05) is 0 Å². The summed E-state index contributed by atoms with van der Waals surface area (Å²) < 4.78 is 7.28. The van der Waals surface area contributed by atoms with Gasteiger partial charge in [0.15, 0.2) is 0 Å². The Morgan fingerprint density at radius 3 is 2.85 bits per heavy atom. The second-order valence-electron chi connectivity index (χ2n) is 5.38. The number of methoxy groups -OCH3 is 1. The van der Waals surface area contributed by atoms with Crippen LogP contribution < -0.4 is 4.74 Å². The fraction of sp³-hybridized carbons (Fsp3) is 0.375. The molecule has 4 heteroatoms. The summed E-state index contributed by atoms with van der Waals surface area (Å²) in [7, 11) is 1.59. The molecule has 0 unspecified atom stereocenters. The first-order valence-electron chi connectivity index (χ1n) is 6.83. The van der Waals surface area contributed by atoms with Crippen LogP contribution in [0.5, 0.6) is 5.75 Å². The lowest BCUT2D eigenvalue weighted by atomic mass is 10.0. The van der Waals surface area contributed by atoms with E-state index in [1.165, 1.54) is 12.8 Å². The molecule has 1 fully saturated rings. The molecule has 0 saturated heterocycles. The predicted molar refractivity (Wildman–Crippen MR) is 76.4 cm³/mol. The number of nitriles is 1. The Kier molecular flexibility index (Phi) is 3.19. The van der Waals surface area contributed by atoms with E-state index in [1.54, 1.807) is 7.11 Å². The van der Waals surface area contributed by atoms with Crippen molar-refractivity contribution in [1.29, 1.82) is 5.26 Å². The number of aromatic nitrogens is 2. The molecule has 102 valence electrons. The number of nitrogens with zero attached hydrogens (tertiary/aromatic N) is 3. The zero-order valence-electron chi connectivity index (χ0n) is 11.8. The minimum absolute atomic E-state index is 0.567. The van der Waals surface area contributed by atoms with Crippen LogP contribution in [-0.4, -0.2) is 16.9 Å². The summed E-state index contributed by atoms with van der Waals surface area (Å²) in [5.74, 6) is 1.46. The number of rotatable bonds is 4. The molecule has 1 aromatic heterocycles. The molecule has 1 saturated carbocycles. The summed E-state index contributed by atoms with van der Waals surface area (Å²) in [5.41, 5.74) is 3.60. The van der Waals surface area contributed by atoms with Crippen LogP contribution in [0.4, 0.5) is 0 Å². The first kappa shape index (κ1) is 12.7. The van der Waals surface area contributed by atoms with Gasteiger partial charge in [0.25, 0.3) is 0 Å². The molecule has 0 aliphatic heterocycles. The summed E-state index contributed by atoms with van der Waals surface area (Å²) in [6.45, 7) is 2.96. The van der Waals surface area contributed by atoms with Crippen LogP contribution >= 0.6 is 0 Å². The van der Waals surface area contributed by atoms with Gasteiger partial charge in [-0.3, -0.25) is 4.68 Å². The third-order valence-corrected chi connectivity index (χ3v) is 3.71. The lowest BCUT2D eigenvalue weighted by Crippen LogP contribution is -1.99. The van der Waals surface area contributed by atoms with Gasteiger partial charge in [0, 0.05) is 18.3 Å². The highest BCUT2D eigenvalue weighted by Gasteiger charge is 2.22. The van der Waals surface area contributed by atoms with Crippen molar-refractivity contribution in [3.8, 4) is 22.9 Å². The molecule has 0 atom stereocenters. The largest absolute Gasteiger partial charge is 0.495 e. The monoisotopic (exact) mass is 267 g/mol. The molecule has 1 heterocycles. The lowest BCUT2D eigenvalue weighted by Gasteiger charge is -2.08. The van der Waals surface area contributed by atoms with Crippen molar-refractivity contribution in [2.75, 3.05) is 7.11 Å². The van der Waals surface area contributed by atoms with Gasteiger partial charge >= 0.3 is 0 Å². The summed E-state index contributed by atoms with van der Waals surface area (Å²) >= 11 is 0. The Bertz CT molecular complexity index is 678. The first-order valence-corrected chi connectivity index (χ1v) is 6.83. The average Bonchev–Trinajstić information content (AvgIpc) is 3.13. The van der Waals surface area contributed by atoms with Gasteiger partial charge in [0.05, 0.1) is 18.9 Å². The van der Waals surface area contributed by atoms with Gasteiger partial charge in [0.1, 0.15) is 11.8 Å². The Hall–Kier alpha value is -2.28. The highest BCUT2D eigenvalue weighted by Crippen LogP contribution is 2.32. The lowest BCUT2D eigenvalue weighted by molar-refractivity contribution is 0.410. The van der Waals surface area contributed by atoms with Crippen LogP contribution in [0.25, 0.3) is 11.1 Å². The van der Waals surface area contributed by atoms with E-state index < -0.39 is 0 Å². The van der Waals surface area contributed by atoms with E-state index in [0.29, 0.717) is 11.3 Å². The van der Waals surface area contributed by atoms with Crippen LogP contribution in [0.1, 0.15) is 24.0 Å². The first-order chi connectivity index (χ1) is 9.71. The van der Waals surface area contributed by atoms with Crippen molar-refractivity contribution in [3.63, 3.8) is 0 Å². The van der Waals surface area contributed by atoms with E-state index in [-0.39, 0.29) is 0 Å². The normalized spacial score (nSPS) is 14.1. The Morgan fingerprint density at radius 1 is 1.40 bits per heavy atom. The summed E-state index contributed by atoms with van der Waals surface area (Å²) in [4.78, 5) is 0. The molecule has 3 rings (SSSR count). The zero-order valence-corrected chi connectivity index (χ0v) is 11.8. The van der Waals surface area contributed by atoms with Gasteiger partial charge in [-0.2, -0.15) is 10.4 Å². The van der Waals surface area contributed by atoms with E-state index >= 15 is 0 Å². The maximum atomic E-state index is 9.23. The zero-order chi connectivity index (χ0) is 14.1. The molecule has 4 nitrogen and oxygen atoms in total. The highest BCUT2D eigenvalue weighted by atomic mass is 16.5. The van der Waals surface area contributed by atoms with Crippen molar-refractivity contribution in [2.24, 2.45) is 5.92 Å². The molecule has 1 aliphatic rings. The predicted octanol–water partition coefficient (Wildman–Crippen LogP) is 3.15. The van der Waals surface area contributed by atoms with E-state index in [1.807, 2.05) is 29.9 Å². The Labute approximate surface area is 118 Å². The Morgan fingerprint density at radius 2 is 2.20 bits per heavy atom. The molecule has 2 aromatic rings.